The number of ether oxygens (including phenoxy) is 1. The lowest BCUT2D eigenvalue weighted by molar-refractivity contribution is 0.414. The zero-order chi connectivity index (χ0) is 16.8. The Labute approximate surface area is 141 Å². The second kappa shape index (κ2) is 5.68. The van der Waals surface area contributed by atoms with Gasteiger partial charge in [-0.3, -0.25) is 0 Å². The maximum atomic E-state index is 5.82. The van der Waals surface area contributed by atoms with Crippen LogP contribution in [0.25, 0.3) is 6.08 Å². The van der Waals surface area contributed by atoms with Gasteiger partial charge in [0.05, 0.1) is 15.2 Å². The van der Waals surface area contributed by atoms with Crippen LogP contribution in [0.1, 0.15) is 34.7 Å². The Morgan fingerprint density at radius 3 is 2.39 bits per heavy atom. The monoisotopic (exact) mass is 322 g/mol. The highest BCUT2D eigenvalue weighted by atomic mass is 28.3. The summed E-state index contributed by atoms with van der Waals surface area (Å²) in [4.78, 5) is 0. The van der Waals surface area contributed by atoms with Crippen LogP contribution in [0, 0.1) is 13.8 Å². The number of aryl methyl sites for hydroxylation is 2. The largest absolute Gasteiger partial charge is 0.497 e. The lowest BCUT2D eigenvalue weighted by atomic mass is 10.1. The zero-order valence-electron chi connectivity index (χ0n) is 15.0. The van der Waals surface area contributed by atoms with E-state index in [1.165, 1.54) is 33.0 Å². The number of methoxy groups -OCH3 is 1. The number of hydrogen-bond acceptors (Lipinski definition) is 1. The molecule has 1 atom stereocenters. The van der Waals surface area contributed by atoms with E-state index >= 15 is 0 Å². The molecule has 0 fully saturated rings. The van der Waals surface area contributed by atoms with E-state index in [0.29, 0.717) is 5.54 Å². The van der Waals surface area contributed by atoms with Crippen molar-refractivity contribution in [3.05, 3.63) is 64.2 Å². The van der Waals surface area contributed by atoms with Crippen LogP contribution in [0.2, 0.25) is 13.1 Å². The average Bonchev–Trinajstić information content (AvgIpc) is 2.82. The number of hydrogen-bond donors (Lipinski definition) is 0. The van der Waals surface area contributed by atoms with Crippen LogP contribution in [0.3, 0.4) is 0 Å². The van der Waals surface area contributed by atoms with Gasteiger partial charge in [0.1, 0.15) is 5.75 Å². The molecule has 2 aromatic carbocycles. The van der Waals surface area contributed by atoms with Crippen molar-refractivity contribution < 1.29 is 4.74 Å². The zero-order valence-corrected chi connectivity index (χ0v) is 16.0. The van der Waals surface area contributed by atoms with Gasteiger partial charge in [0, 0.05) is 5.54 Å². The van der Waals surface area contributed by atoms with Crippen LogP contribution >= 0.6 is 0 Å². The minimum atomic E-state index is -1.78. The van der Waals surface area contributed by atoms with Gasteiger partial charge in [-0.2, -0.15) is 0 Å². The minimum absolute atomic E-state index is 0.522. The molecular formula is C21H26OSi. The predicted octanol–water partition coefficient (Wildman–Crippen LogP) is 4.97. The normalized spacial score (nSPS) is 17.0. The molecule has 0 saturated heterocycles. The van der Waals surface area contributed by atoms with Crippen molar-refractivity contribution in [3.8, 4) is 5.75 Å². The summed E-state index contributed by atoms with van der Waals surface area (Å²) in [6.07, 6.45) is 2.36. The third kappa shape index (κ3) is 2.55. The van der Waals surface area contributed by atoms with E-state index in [9.17, 15) is 0 Å². The van der Waals surface area contributed by atoms with Gasteiger partial charge in [0.15, 0.2) is 0 Å². The molecule has 2 aromatic rings. The van der Waals surface area contributed by atoms with Crippen molar-refractivity contribution in [2.24, 2.45) is 0 Å². The number of benzene rings is 2. The molecule has 0 aliphatic heterocycles. The third-order valence-corrected chi connectivity index (χ3v) is 9.15. The Balaban J connectivity index is 2.19. The number of rotatable bonds is 3. The first kappa shape index (κ1) is 16.1. The summed E-state index contributed by atoms with van der Waals surface area (Å²) in [7, 11) is 0.0202. The van der Waals surface area contributed by atoms with E-state index < -0.39 is 8.07 Å². The van der Waals surface area contributed by atoms with Crippen molar-refractivity contribution in [2.45, 2.75) is 39.4 Å². The van der Waals surface area contributed by atoms with E-state index in [0.717, 1.165) is 5.75 Å². The maximum absolute atomic E-state index is 5.82. The highest BCUT2D eigenvalue weighted by molar-refractivity contribution is 6.92. The average molecular weight is 323 g/mol. The molecule has 1 unspecified atom stereocenters. The summed E-state index contributed by atoms with van der Waals surface area (Å²) in [6, 6.07) is 13.4. The summed E-state index contributed by atoms with van der Waals surface area (Å²) in [5.74, 6) is 1.09. The Kier molecular flexibility index (Phi) is 3.97. The van der Waals surface area contributed by atoms with Crippen LogP contribution in [0.5, 0.6) is 5.75 Å². The van der Waals surface area contributed by atoms with Crippen LogP contribution < -0.4 is 9.92 Å². The van der Waals surface area contributed by atoms with Crippen molar-refractivity contribution in [3.63, 3.8) is 0 Å². The van der Waals surface area contributed by atoms with Gasteiger partial charge in [-0.1, -0.05) is 66.7 Å². The minimum Gasteiger partial charge on any atom is -0.497 e. The van der Waals surface area contributed by atoms with Gasteiger partial charge in [0.25, 0.3) is 0 Å². The van der Waals surface area contributed by atoms with E-state index in [1.807, 2.05) is 0 Å². The Bertz CT molecular complexity index is 786. The number of fused-ring (bicyclic) bond motifs is 1. The maximum Gasteiger partial charge on any atom is 0.121 e. The summed E-state index contributed by atoms with van der Waals surface area (Å²) >= 11 is 0. The molecule has 0 heterocycles. The van der Waals surface area contributed by atoms with Crippen molar-refractivity contribution in [1.29, 1.82) is 0 Å². The molecule has 0 amide bonds. The SMILES string of the molecule is COc1c(C)cc(C)cc1[Si](C)(C)C1C(C)=Cc2ccccc21. The van der Waals surface area contributed by atoms with Gasteiger partial charge >= 0.3 is 0 Å². The Morgan fingerprint density at radius 2 is 1.70 bits per heavy atom. The fourth-order valence-electron chi connectivity index (χ4n) is 4.30. The summed E-state index contributed by atoms with van der Waals surface area (Å²) in [5.41, 5.74) is 7.46. The van der Waals surface area contributed by atoms with Crippen molar-refractivity contribution in [1.82, 2.24) is 0 Å². The molecule has 0 bridgehead atoms. The predicted molar refractivity (Wildman–Crippen MR) is 102 cm³/mol. The fourth-order valence-corrected chi connectivity index (χ4v) is 8.35. The van der Waals surface area contributed by atoms with Gasteiger partial charge in [0.2, 0.25) is 0 Å². The Hall–Kier alpha value is -1.80. The molecule has 0 spiro atoms. The van der Waals surface area contributed by atoms with E-state index in [1.54, 1.807) is 7.11 Å². The van der Waals surface area contributed by atoms with Crippen LogP contribution in [0.4, 0.5) is 0 Å². The van der Waals surface area contributed by atoms with Gasteiger partial charge in [-0.15, -0.1) is 0 Å². The molecule has 120 valence electrons. The second-order valence-electron chi connectivity index (χ2n) is 7.33. The summed E-state index contributed by atoms with van der Waals surface area (Å²) in [5, 5.41) is 1.44. The highest BCUT2D eigenvalue weighted by Crippen LogP contribution is 2.42. The lowest BCUT2D eigenvalue weighted by Crippen LogP contribution is -2.48. The molecule has 0 radical (unpaired) electrons. The van der Waals surface area contributed by atoms with Crippen LogP contribution in [0.15, 0.2) is 42.0 Å². The van der Waals surface area contributed by atoms with E-state index in [2.05, 4.69) is 76.3 Å². The molecular weight excluding hydrogens is 296 g/mol. The molecule has 3 rings (SSSR count). The number of allylic oxidation sites excluding steroid dienone is 1. The molecule has 0 aromatic heterocycles. The highest BCUT2D eigenvalue weighted by Gasteiger charge is 2.41. The Morgan fingerprint density at radius 1 is 1.00 bits per heavy atom. The molecule has 1 aliphatic carbocycles. The molecule has 23 heavy (non-hydrogen) atoms. The van der Waals surface area contributed by atoms with E-state index in [4.69, 9.17) is 4.74 Å². The molecule has 0 N–H and O–H groups in total. The smallest absolute Gasteiger partial charge is 0.121 e. The lowest BCUT2D eigenvalue weighted by Gasteiger charge is -2.34. The summed E-state index contributed by atoms with van der Waals surface area (Å²) in [6.45, 7) is 11.6. The van der Waals surface area contributed by atoms with Crippen molar-refractivity contribution in [2.75, 3.05) is 7.11 Å². The van der Waals surface area contributed by atoms with Gasteiger partial charge in [-0.25, -0.2) is 0 Å². The van der Waals surface area contributed by atoms with Crippen LogP contribution in [-0.4, -0.2) is 15.2 Å². The van der Waals surface area contributed by atoms with Gasteiger partial charge < -0.3 is 4.74 Å². The molecule has 1 aliphatic rings. The van der Waals surface area contributed by atoms with Crippen molar-refractivity contribution >= 4 is 19.3 Å². The van der Waals surface area contributed by atoms with Gasteiger partial charge in [-0.05, 0) is 42.6 Å². The quantitative estimate of drug-likeness (QED) is 0.725. The summed E-state index contributed by atoms with van der Waals surface area (Å²) < 4.78 is 5.82. The molecule has 0 saturated carbocycles. The fraction of sp³-hybridized carbons (Fsp3) is 0.333. The van der Waals surface area contributed by atoms with Crippen LogP contribution in [-0.2, 0) is 0 Å². The first-order valence-electron chi connectivity index (χ1n) is 8.29. The standard InChI is InChI=1S/C21H26OSi/c1-14-11-15(2)20(22-4)19(12-14)23(5,6)21-16(3)13-17-9-7-8-10-18(17)21/h7-13,21H,1-6H3. The third-order valence-electron chi connectivity index (χ3n) is 5.18. The first-order chi connectivity index (χ1) is 10.9. The molecule has 2 heteroatoms. The second-order valence-corrected chi connectivity index (χ2v) is 11.9. The van der Waals surface area contributed by atoms with E-state index in [-0.39, 0.29) is 0 Å². The first-order valence-corrected chi connectivity index (χ1v) is 11.4. The molecule has 1 nitrogen and oxygen atoms in total. The topological polar surface area (TPSA) is 9.23 Å².